The third kappa shape index (κ3) is 6.31. The Hall–Kier alpha value is -2.49. The van der Waals surface area contributed by atoms with E-state index < -0.39 is 18.1 Å². The first-order valence-corrected chi connectivity index (χ1v) is 8.31. The van der Waals surface area contributed by atoms with Gasteiger partial charge in [0.1, 0.15) is 6.61 Å². The molecule has 0 unspecified atom stereocenters. The molecule has 0 spiro atoms. The fraction of sp³-hybridized carbons (Fsp3) is 0.529. The number of hydrogen-bond donors (Lipinski definition) is 0. The van der Waals surface area contributed by atoms with Crippen molar-refractivity contribution < 1.29 is 37.0 Å². The number of para-hydroxylation sites is 2. The summed E-state index contributed by atoms with van der Waals surface area (Å²) >= 11 is 0. The van der Waals surface area contributed by atoms with Crippen LogP contribution in [0.2, 0.25) is 0 Å². The normalized spacial score (nSPS) is 15.3. The molecule has 1 saturated heterocycles. The Morgan fingerprint density at radius 2 is 1.70 bits per heavy atom. The summed E-state index contributed by atoms with van der Waals surface area (Å²) in [4.78, 5) is 25.5. The van der Waals surface area contributed by atoms with Gasteiger partial charge < -0.3 is 19.1 Å². The predicted octanol–water partition coefficient (Wildman–Crippen LogP) is 1.32. The van der Waals surface area contributed by atoms with E-state index in [1.165, 1.54) is 7.11 Å². The summed E-state index contributed by atoms with van der Waals surface area (Å²) in [6.45, 7) is 0.727. The number of carbonyl (C=O) groups is 2. The molecule has 1 fully saturated rings. The van der Waals surface area contributed by atoms with Gasteiger partial charge >= 0.3 is 18.1 Å². The molecule has 1 heterocycles. The van der Waals surface area contributed by atoms with E-state index in [2.05, 4.69) is 0 Å². The summed E-state index contributed by atoms with van der Waals surface area (Å²) in [6, 6.07) is 6.87. The van der Waals surface area contributed by atoms with Crippen LogP contribution >= 0.6 is 0 Å². The molecule has 1 amide bonds. The Bertz CT molecular complexity index is 646. The van der Waals surface area contributed by atoms with E-state index >= 15 is 0 Å². The van der Waals surface area contributed by atoms with Gasteiger partial charge in [0.2, 0.25) is 0 Å². The molecule has 0 bridgehead atoms. The van der Waals surface area contributed by atoms with Crippen LogP contribution in [0.15, 0.2) is 24.3 Å². The lowest BCUT2D eigenvalue weighted by Crippen LogP contribution is -2.52. The average Bonchev–Trinajstić information content (AvgIpc) is 2.66. The first kappa shape index (κ1) is 20.8. The van der Waals surface area contributed by atoms with E-state index in [9.17, 15) is 22.8 Å². The van der Waals surface area contributed by atoms with E-state index in [1.54, 1.807) is 24.3 Å². The Morgan fingerprint density at radius 1 is 1.07 bits per heavy atom. The second kappa shape index (κ2) is 9.45. The van der Waals surface area contributed by atoms with Crippen molar-refractivity contribution >= 4 is 11.9 Å². The van der Waals surface area contributed by atoms with E-state index in [4.69, 9.17) is 14.2 Å². The number of amides is 1. The second-order valence-electron chi connectivity index (χ2n) is 5.79. The van der Waals surface area contributed by atoms with E-state index in [-0.39, 0.29) is 39.4 Å². The maximum Gasteiger partial charge on any atom is 0.471 e. The molecule has 10 heteroatoms. The van der Waals surface area contributed by atoms with Crippen LogP contribution in [0, 0.1) is 0 Å². The zero-order valence-corrected chi connectivity index (χ0v) is 14.8. The number of rotatable bonds is 7. The van der Waals surface area contributed by atoms with Crippen molar-refractivity contribution in [3.8, 4) is 11.5 Å². The van der Waals surface area contributed by atoms with E-state index in [1.807, 2.05) is 4.90 Å². The van der Waals surface area contributed by atoms with Gasteiger partial charge in [0, 0.05) is 32.7 Å². The maximum atomic E-state index is 12.4. The lowest BCUT2D eigenvalue weighted by atomic mass is 10.3. The van der Waals surface area contributed by atoms with Crippen molar-refractivity contribution in [2.45, 2.75) is 6.18 Å². The molecule has 27 heavy (non-hydrogen) atoms. The predicted molar refractivity (Wildman–Crippen MR) is 88.5 cm³/mol. The van der Waals surface area contributed by atoms with E-state index in [0.29, 0.717) is 18.0 Å². The number of hydrogen-bond acceptors (Lipinski definition) is 6. The Balaban J connectivity index is 1.64. The van der Waals surface area contributed by atoms with Gasteiger partial charge in [0.25, 0.3) is 0 Å². The lowest BCUT2D eigenvalue weighted by molar-refractivity contribution is -0.187. The number of ether oxygens (including phenoxy) is 3. The highest BCUT2D eigenvalue weighted by atomic mass is 19.4. The fourth-order valence-corrected chi connectivity index (χ4v) is 2.56. The number of carbonyl (C=O) groups excluding carboxylic acids is 2. The number of benzene rings is 1. The van der Waals surface area contributed by atoms with Gasteiger partial charge in [-0.2, -0.15) is 13.2 Å². The molecular weight excluding hydrogens is 369 g/mol. The minimum absolute atomic E-state index is 0.0107. The molecule has 0 atom stereocenters. The number of esters is 1. The van der Waals surface area contributed by atoms with Crippen LogP contribution in [0.4, 0.5) is 13.2 Å². The van der Waals surface area contributed by atoms with Crippen molar-refractivity contribution in [3.05, 3.63) is 24.3 Å². The summed E-state index contributed by atoms with van der Waals surface area (Å²) in [5, 5.41) is 0. The molecular formula is C17H21F3N2O5. The average molecular weight is 390 g/mol. The van der Waals surface area contributed by atoms with Crippen LogP contribution < -0.4 is 9.47 Å². The Kier molecular flexibility index (Phi) is 7.28. The van der Waals surface area contributed by atoms with Crippen molar-refractivity contribution in [2.24, 2.45) is 0 Å². The molecule has 0 saturated carbocycles. The molecule has 0 aromatic heterocycles. The third-order valence-corrected chi connectivity index (χ3v) is 3.99. The van der Waals surface area contributed by atoms with Crippen LogP contribution in [0.25, 0.3) is 0 Å². The van der Waals surface area contributed by atoms with Crippen molar-refractivity contribution in [3.63, 3.8) is 0 Å². The number of halogens is 3. The molecule has 0 aliphatic carbocycles. The molecule has 7 nitrogen and oxygen atoms in total. The molecule has 1 aliphatic rings. The zero-order chi connectivity index (χ0) is 19.9. The summed E-state index contributed by atoms with van der Waals surface area (Å²) in [6.07, 6.45) is -4.85. The number of alkyl halides is 3. The first-order chi connectivity index (χ1) is 12.8. The number of nitrogens with zero attached hydrogens (tertiary/aromatic N) is 2. The van der Waals surface area contributed by atoms with Crippen LogP contribution in [0.1, 0.15) is 0 Å². The molecule has 1 aliphatic heterocycles. The topological polar surface area (TPSA) is 68.3 Å². The number of methoxy groups -OCH3 is 1. The van der Waals surface area contributed by atoms with Crippen LogP contribution in [0.5, 0.6) is 11.5 Å². The molecule has 0 N–H and O–H groups in total. The minimum Gasteiger partial charge on any atom is -0.493 e. The zero-order valence-electron chi connectivity index (χ0n) is 14.8. The largest absolute Gasteiger partial charge is 0.493 e. The Labute approximate surface area is 154 Å². The maximum absolute atomic E-state index is 12.4. The van der Waals surface area contributed by atoms with Crippen molar-refractivity contribution in [1.29, 1.82) is 0 Å². The van der Waals surface area contributed by atoms with Gasteiger partial charge in [-0.25, -0.2) is 4.79 Å². The van der Waals surface area contributed by atoms with Crippen LogP contribution in [0.3, 0.4) is 0 Å². The quantitative estimate of drug-likeness (QED) is 0.655. The molecule has 150 valence electrons. The Morgan fingerprint density at radius 3 is 2.30 bits per heavy atom. The van der Waals surface area contributed by atoms with Gasteiger partial charge in [-0.05, 0) is 12.1 Å². The van der Waals surface area contributed by atoms with E-state index in [0.717, 1.165) is 4.90 Å². The first-order valence-electron chi connectivity index (χ1n) is 8.31. The molecule has 0 radical (unpaired) electrons. The summed E-state index contributed by atoms with van der Waals surface area (Å²) in [5.74, 6) is -1.46. The number of piperazine rings is 1. The van der Waals surface area contributed by atoms with Gasteiger partial charge in [-0.15, -0.1) is 0 Å². The van der Waals surface area contributed by atoms with Crippen LogP contribution in [-0.4, -0.2) is 80.9 Å². The SMILES string of the molecule is COc1ccccc1OCC(=O)OCCN1CCN(C(=O)C(F)(F)F)CC1. The minimum atomic E-state index is -4.85. The highest BCUT2D eigenvalue weighted by Gasteiger charge is 2.43. The lowest BCUT2D eigenvalue weighted by Gasteiger charge is -2.34. The molecule has 1 aromatic rings. The smallest absolute Gasteiger partial charge is 0.471 e. The highest BCUT2D eigenvalue weighted by Crippen LogP contribution is 2.25. The van der Waals surface area contributed by atoms with Gasteiger partial charge in [0.15, 0.2) is 18.1 Å². The molecule has 1 aromatic carbocycles. The standard InChI is InChI=1S/C17H21F3N2O5/c1-25-13-4-2-3-5-14(13)27-12-15(23)26-11-10-21-6-8-22(9-7-21)16(24)17(18,19)20/h2-5H,6-12H2,1H3. The summed E-state index contributed by atoms with van der Waals surface area (Å²) in [5.41, 5.74) is 0. The molecule has 2 rings (SSSR count). The van der Waals surface area contributed by atoms with Crippen molar-refractivity contribution in [2.75, 3.05) is 53.0 Å². The second-order valence-corrected chi connectivity index (χ2v) is 5.79. The highest BCUT2D eigenvalue weighted by molar-refractivity contribution is 5.81. The van der Waals surface area contributed by atoms with Crippen molar-refractivity contribution in [1.82, 2.24) is 9.80 Å². The third-order valence-electron chi connectivity index (χ3n) is 3.99. The summed E-state index contributed by atoms with van der Waals surface area (Å²) in [7, 11) is 1.49. The summed E-state index contributed by atoms with van der Waals surface area (Å²) < 4.78 is 52.7. The van der Waals surface area contributed by atoms with Gasteiger partial charge in [-0.3, -0.25) is 9.69 Å². The fourth-order valence-electron chi connectivity index (χ4n) is 2.56. The monoisotopic (exact) mass is 390 g/mol. The van der Waals surface area contributed by atoms with Crippen LogP contribution in [-0.2, 0) is 14.3 Å². The van der Waals surface area contributed by atoms with Gasteiger partial charge in [0.05, 0.1) is 7.11 Å². The van der Waals surface area contributed by atoms with Gasteiger partial charge in [-0.1, -0.05) is 12.1 Å².